The predicted molar refractivity (Wildman–Crippen MR) is 133 cm³/mol. The number of hydrogen-bond acceptors (Lipinski definition) is 5. The quantitative estimate of drug-likeness (QED) is 0.510. The third-order valence-electron chi connectivity index (χ3n) is 7.73. The van der Waals surface area contributed by atoms with Crippen molar-refractivity contribution in [2.45, 2.75) is 70.1 Å². The molecule has 1 amide bonds. The van der Waals surface area contributed by atoms with E-state index >= 15 is 0 Å². The molecule has 0 radical (unpaired) electrons. The summed E-state index contributed by atoms with van der Waals surface area (Å²) in [4.78, 5) is 17.7. The summed E-state index contributed by atoms with van der Waals surface area (Å²) >= 11 is 0. The molecule has 0 spiro atoms. The zero-order valence-electron chi connectivity index (χ0n) is 20.6. The number of hydrogen-bond donors (Lipinski definition) is 0. The number of carbonyl (C=O) groups excluding carboxylic acids is 1. The molecule has 0 unspecified atom stereocenters. The van der Waals surface area contributed by atoms with E-state index in [2.05, 4.69) is 18.9 Å². The van der Waals surface area contributed by atoms with Crippen molar-refractivity contribution < 1.29 is 19.0 Å². The number of nitrogens with zero attached hydrogens (tertiary/aromatic N) is 2. The van der Waals surface area contributed by atoms with E-state index in [0.717, 1.165) is 60.4 Å². The van der Waals surface area contributed by atoms with Gasteiger partial charge in [0.15, 0.2) is 11.5 Å². The van der Waals surface area contributed by atoms with Gasteiger partial charge in [0, 0.05) is 35.9 Å². The van der Waals surface area contributed by atoms with Gasteiger partial charge in [0.2, 0.25) is 0 Å². The molecule has 2 bridgehead atoms. The van der Waals surface area contributed by atoms with Crippen molar-refractivity contribution in [3.05, 3.63) is 47.5 Å². The topological polar surface area (TPSA) is 51.2 Å². The van der Waals surface area contributed by atoms with Crippen LogP contribution in [0, 0.1) is 0 Å². The van der Waals surface area contributed by atoms with E-state index in [1.165, 1.54) is 12.8 Å². The normalized spacial score (nSPS) is 24.1. The Hall–Kier alpha value is -2.73. The average Bonchev–Trinajstić information content (AvgIpc) is 3.05. The van der Waals surface area contributed by atoms with Crippen molar-refractivity contribution in [2.24, 2.45) is 0 Å². The van der Waals surface area contributed by atoms with E-state index < -0.39 is 0 Å². The molecule has 3 heterocycles. The molecule has 0 aliphatic carbocycles. The second-order valence-electron chi connectivity index (χ2n) is 9.82. The molecule has 0 aromatic heterocycles. The van der Waals surface area contributed by atoms with Crippen LogP contribution in [0.2, 0.25) is 0 Å². The predicted octanol–water partition coefficient (Wildman–Crippen LogP) is 5.08. The zero-order chi connectivity index (χ0) is 23.7. The van der Waals surface area contributed by atoms with Crippen LogP contribution >= 0.6 is 0 Å². The van der Waals surface area contributed by atoms with Gasteiger partial charge >= 0.3 is 0 Å². The smallest absolute Gasteiger partial charge is 0.258 e. The highest BCUT2D eigenvalue weighted by atomic mass is 16.5. The van der Waals surface area contributed by atoms with Gasteiger partial charge in [-0.2, -0.15) is 0 Å². The third kappa shape index (κ3) is 4.48. The molecule has 0 saturated carbocycles. The number of carbonyl (C=O) groups is 1. The van der Waals surface area contributed by atoms with E-state index in [1.807, 2.05) is 41.3 Å². The Morgan fingerprint density at radius 3 is 2.56 bits per heavy atom. The zero-order valence-corrected chi connectivity index (χ0v) is 20.6. The van der Waals surface area contributed by atoms with Gasteiger partial charge in [0.25, 0.3) is 5.91 Å². The highest BCUT2D eigenvalue weighted by Gasteiger charge is 2.39. The van der Waals surface area contributed by atoms with Crippen LogP contribution in [0.15, 0.2) is 36.4 Å². The first-order chi connectivity index (χ1) is 16.6. The standard InChI is InChI=1S/C28H36N2O4/c1-4-5-14-33-23-9-10-25-19(15-23)12-13-30(28(25)31)22-8-11-26(27(18-22)32-3)34-24-16-20-6-7-21(17-24)29(20)2/h8-11,15,18,20-21,24H,4-7,12-14,16-17H2,1-3H3/t20-,21+,24-. The first kappa shape index (κ1) is 23.0. The number of anilines is 1. The number of rotatable bonds is 8. The second-order valence-corrected chi connectivity index (χ2v) is 9.82. The fraction of sp³-hybridized carbons (Fsp3) is 0.536. The molecule has 2 saturated heterocycles. The molecule has 3 atom stereocenters. The van der Waals surface area contributed by atoms with Gasteiger partial charge in [-0.1, -0.05) is 13.3 Å². The minimum absolute atomic E-state index is 0.0176. The lowest BCUT2D eigenvalue weighted by atomic mass is 9.98. The lowest BCUT2D eigenvalue weighted by molar-refractivity contribution is 0.0643. The van der Waals surface area contributed by atoms with Crippen LogP contribution < -0.4 is 19.1 Å². The molecule has 2 aromatic rings. The molecule has 182 valence electrons. The number of piperidine rings is 1. The molecular weight excluding hydrogens is 428 g/mol. The Kier molecular flexibility index (Phi) is 6.68. The fourth-order valence-electron chi connectivity index (χ4n) is 5.69. The largest absolute Gasteiger partial charge is 0.494 e. The van der Waals surface area contributed by atoms with Crippen LogP contribution in [0.5, 0.6) is 17.2 Å². The van der Waals surface area contributed by atoms with Gasteiger partial charge in [-0.05, 0) is 81.5 Å². The van der Waals surface area contributed by atoms with E-state index in [0.29, 0.717) is 31.0 Å². The van der Waals surface area contributed by atoms with Gasteiger partial charge in [-0.15, -0.1) is 0 Å². The van der Waals surface area contributed by atoms with Gasteiger partial charge in [-0.3, -0.25) is 4.79 Å². The van der Waals surface area contributed by atoms with Crippen molar-refractivity contribution in [3.8, 4) is 17.2 Å². The number of unbranched alkanes of at least 4 members (excludes halogenated alkanes) is 1. The molecule has 3 aliphatic heterocycles. The SMILES string of the molecule is CCCCOc1ccc2c(c1)CCN(c1ccc(O[C@@H]3C[C@H]4CC[C@@H](C3)N4C)c(OC)c1)C2=O. The van der Waals surface area contributed by atoms with Crippen LogP contribution in [0.1, 0.15) is 61.4 Å². The molecule has 5 rings (SSSR count). The first-order valence-electron chi connectivity index (χ1n) is 12.7. The van der Waals surface area contributed by atoms with Gasteiger partial charge in [0.05, 0.1) is 13.7 Å². The first-order valence-corrected chi connectivity index (χ1v) is 12.7. The fourth-order valence-corrected chi connectivity index (χ4v) is 5.69. The summed E-state index contributed by atoms with van der Waals surface area (Å²) in [6, 6.07) is 12.9. The van der Waals surface area contributed by atoms with Crippen molar-refractivity contribution in [2.75, 3.05) is 32.2 Å². The highest BCUT2D eigenvalue weighted by molar-refractivity contribution is 6.08. The van der Waals surface area contributed by atoms with Crippen LogP contribution in [-0.2, 0) is 6.42 Å². The van der Waals surface area contributed by atoms with Crippen molar-refractivity contribution in [1.82, 2.24) is 4.90 Å². The maximum atomic E-state index is 13.3. The molecule has 34 heavy (non-hydrogen) atoms. The van der Waals surface area contributed by atoms with E-state index in [1.54, 1.807) is 7.11 Å². The minimum atomic E-state index is 0.0176. The maximum absolute atomic E-state index is 13.3. The van der Waals surface area contributed by atoms with Crippen molar-refractivity contribution in [1.29, 1.82) is 0 Å². The van der Waals surface area contributed by atoms with Crippen molar-refractivity contribution in [3.63, 3.8) is 0 Å². The lowest BCUT2D eigenvalue weighted by Gasteiger charge is -2.36. The third-order valence-corrected chi connectivity index (χ3v) is 7.73. The molecule has 6 heteroatoms. The molecule has 6 nitrogen and oxygen atoms in total. The van der Waals surface area contributed by atoms with Gasteiger partial charge < -0.3 is 24.0 Å². The summed E-state index contributed by atoms with van der Waals surface area (Å²) in [7, 11) is 3.90. The maximum Gasteiger partial charge on any atom is 0.258 e. The van der Waals surface area contributed by atoms with E-state index in [-0.39, 0.29) is 12.0 Å². The molecule has 2 fully saturated rings. The summed E-state index contributed by atoms with van der Waals surface area (Å²) < 4.78 is 17.9. The van der Waals surface area contributed by atoms with Gasteiger partial charge in [-0.25, -0.2) is 0 Å². The summed E-state index contributed by atoms with van der Waals surface area (Å²) in [6.45, 7) is 3.49. The molecule has 3 aliphatic rings. The van der Waals surface area contributed by atoms with E-state index in [4.69, 9.17) is 14.2 Å². The monoisotopic (exact) mass is 464 g/mol. The second kappa shape index (κ2) is 9.87. The minimum Gasteiger partial charge on any atom is -0.494 e. The summed E-state index contributed by atoms with van der Waals surface area (Å²) in [6.07, 6.45) is 7.79. The Balaban J connectivity index is 1.29. The molecule has 2 aromatic carbocycles. The Labute approximate surface area is 202 Å². The summed E-state index contributed by atoms with van der Waals surface area (Å²) in [5, 5.41) is 0. The number of methoxy groups -OCH3 is 1. The Morgan fingerprint density at radius 2 is 1.82 bits per heavy atom. The van der Waals surface area contributed by atoms with Gasteiger partial charge in [0.1, 0.15) is 11.9 Å². The molecular formula is C28H36N2O4. The van der Waals surface area contributed by atoms with Crippen molar-refractivity contribution >= 4 is 11.6 Å². The van der Waals surface area contributed by atoms with E-state index in [9.17, 15) is 4.79 Å². The molecule has 0 N–H and O–H groups in total. The Bertz CT molecular complexity index is 1030. The highest BCUT2D eigenvalue weighted by Crippen LogP contribution is 2.39. The number of ether oxygens (including phenoxy) is 3. The Morgan fingerprint density at radius 1 is 1.03 bits per heavy atom. The average molecular weight is 465 g/mol. The van der Waals surface area contributed by atoms with Crippen LogP contribution in [0.3, 0.4) is 0 Å². The summed E-state index contributed by atoms with van der Waals surface area (Å²) in [5.41, 5.74) is 2.64. The number of benzene rings is 2. The summed E-state index contributed by atoms with van der Waals surface area (Å²) in [5.74, 6) is 2.31. The lowest BCUT2D eigenvalue weighted by Crippen LogP contribution is -2.43. The number of fused-ring (bicyclic) bond motifs is 3. The van der Waals surface area contributed by atoms with Crippen LogP contribution in [0.25, 0.3) is 0 Å². The number of amides is 1. The van der Waals surface area contributed by atoms with Crippen LogP contribution in [0.4, 0.5) is 5.69 Å². The van der Waals surface area contributed by atoms with Crippen LogP contribution in [-0.4, -0.2) is 56.3 Å².